The van der Waals surface area contributed by atoms with Crippen LogP contribution < -0.4 is 0 Å². The minimum atomic E-state index is 0.209. The maximum absolute atomic E-state index is 6.95. The van der Waals surface area contributed by atoms with Crippen LogP contribution in [0.5, 0.6) is 0 Å². The molecule has 1 aromatic carbocycles. The Hall–Kier alpha value is -1.29. The Labute approximate surface area is 80.2 Å². The van der Waals surface area contributed by atoms with Gasteiger partial charge >= 0.3 is 0 Å². The third-order valence-electron chi connectivity index (χ3n) is 2.26. The Bertz CT molecular complexity index is 271. The number of aryl methyl sites for hydroxylation is 1. The van der Waals surface area contributed by atoms with Crippen molar-refractivity contribution < 1.29 is 0 Å². The van der Waals surface area contributed by atoms with E-state index >= 15 is 0 Å². The van der Waals surface area contributed by atoms with E-state index in [4.69, 9.17) is 6.57 Å². The third-order valence-corrected chi connectivity index (χ3v) is 2.26. The lowest BCUT2D eigenvalue weighted by Crippen LogP contribution is -2.01. The van der Waals surface area contributed by atoms with Gasteiger partial charge in [-0.1, -0.05) is 37.3 Å². The molecule has 0 saturated carbocycles. The van der Waals surface area contributed by atoms with E-state index in [1.165, 1.54) is 5.56 Å². The van der Waals surface area contributed by atoms with Gasteiger partial charge in [0.2, 0.25) is 6.04 Å². The first kappa shape index (κ1) is 9.80. The van der Waals surface area contributed by atoms with Crippen LogP contribution in [0.1, 0.15) is 25.3 Å². The highest BCUT2D eigenvalue weighted by molar-refractivity contribution is 5.14. The minimum absolute atomic E-state index is 0.209. The van der Waals surface area contributed by atoms with Crippen LogP contribution in [0.25, 0.3) is 4.85 Å². The van der Waals surface area contributed by atoms with Crippen molar-refractivity contribution in [2.75, 3.05) is 0 Å². The summed E-state index contributed by atoms with van der Waals surface area (Å²) in [6.45, 7) is 9.03. The lowest BCUT2D eigenvalue weighted by molar-refractivity contribution is 0.668. The molecule has 1 rings (SSSR count). The van der Waals surface area contributed by atoms with E-state index in [2.05, 4.69) is 23.9 Å². The molecule has 0 radical (unpaired) electrons. The number of hydrogen-bond donors (Lipinski definition) is 0. The van der Waals surface area contributed by atoms with Gasteiger partial charge in [0.1, 0.15) is 0 Å². The number of hydrogen-bond acceptors (Lipinski definition) is 0. The number of rotatable bonds is 4. The number of nitrogens with zero attached hydrogens (tertiary/aromatic N) is 1. The SMILES string of the molecule is [C-]#[N+]C(CC)CCc1ccccc1. The van der Waals surface area contributed by atoms with Crippen LogP contribution in [0.2, 0.25) is 0 Å². The molecule has 0 amide bonds. The highest BCUT2D eigenvalue weighted by atomic mass is 14.7. The van der Waals surface area contributed by atoms with Gasteiger partial charge in [-0.25, -0.2) is 6.57 Å². The van der Waals surface area contributed by atoms with Crippen LogP contribution in [0.4, 0.5) is 0 Å². The first-order chi connectivity index (χ1) is 6.36. The van der Waals surface area contributed by atoms with E-state index in [1.807, 2.05) is 18.2 Å². The van der Waals surface area contributed by atoms with Crippen LogP contribution in [-0.4, -0.2) is 6.04 Å². The monoisotopic (exact) mass is 173 g/mol. The van der Waals surface area contributed by atoms with Crippen LogP contribution >= 0.6 is 0 Å². The summed E-state index contributed by atoms with van der Waals surface area (Å²) in [6.07, 6.45) is 2.99. The summed E-state index contributed by atoms with van der Waals surface area (Å²) < 4.78 is 0. The molecule has 0 spiro atoms. The van der Waals surface area contributed by atoms with Crippen molar-refractivity contribution in [3.8, 4) is 0 Å². The predicted octanol–water partition coefficient (Wildman–Crippen LogP) is 3.32. The molecule has 1 nitrogen and oxygen atoms in total. The summed E-state index contributed by atoms with van der Waals surface area (Å²) in [6, 6.07) is 10.6. The summed E-state index contributed by atoms with van der Waals surface area (Å²) >= 11 is 0. The highest BCUT2D eigenvalue weighted by Gasteiger charge is 2.08. The van der Waals surface area contributed by atoms with Gasteiger partial charge in [0.15, 0.2) is 0 Å². The fraction of sp³-hybridized carbons (Fsp3) is 0.417. The molecule has 0 aliphatic heterocycles. The lowest BCUT2D eigenvalue weighted by Gasteiger charge is -2.02. The molecule has 1 unspecified atom stereocenters. The largest absolute Gasteiger partial charge is 0.314 e. The second-order valence-electron chi connectivity index (χ2n) is 3.22. The van der Waals surface area contributed by atoms with Crippen molar-refractivity contribution in [3.63, 3.8) is 0 Å². The Kier molecular flexibility index (Phi) is 4.05. The predicted molar refractivity (Wildman–Crippen MR) is 55.4 cm³/mol. The van der Waals surface area contributed by atoms with Gasteiger partial charge in [0.25, 0.3) is 0 Å². The second kappa shape index (κ2) is 5.37. The second-order valence-corrected chi connectivity index (χ2v) is 3.22. The third kappa shape index (κ3) is 3.29. The van der Waals surface area contributed by atoms with Crippen molar-refractivity contribution in [2.45, 2.75) is 32.2 Å². The molecule has 68 valence electrons. The first-order valence-corrected chi connectivity index (χ1v) is 4.77. The molecule has 0 N–H and O–H groups in total. The normalized spacial score (nSPS) is 12.0. The Balaban J connectivity index is 2.40. The molecule has 0 bridgehead atoms. The maximum atomic E-state index is 6.95. The molecule has 0 fully saturated rings. The lowest BCUT2D eigenvalue weighted by atomic mass is 10.0. The topological polar surface area (TPSA) is 4.36 Å². The van der Waals surface area contributed by atoms with Crippen molar-refractivity contribution >= 4 is 0 Å². The van der Waals surface area contributed by atoms with Crippen LogP contribution in [0.3, 0.4) is 0 Å². The van der Waals surface area contributed by atoms with Gasteiger partial charge in [0.05, 0.1) is 0 Å². The zero-order valence-electron chi connectivity index (χ0n) is 8.03. The molecule has 0 saturated heterocycles. The van der Waals surface area contributed by atoms with Gasteiger partial charge < -0.3 is 4.85 Å². The molecule has 0 aliphatic carbocycles. The quantitative estimate of drug-likeness (QED) is 0.615. The van der Waals surface area contributed by atoms with Crippen molar-refractivity contribution in [3.05, 3.63) is 47.3 Å². The summed E-state index contributed by atoms with van der Waals surface area (Å²) in [5, 5.41) is 0. The van der Waals surface area contributed by atoms with Crippen molar-refractivity contribution in [1.29, 1.82) is 0 Å². The Morgan fingerprint density at radius 3 is 2.54 bits per heavy atom. The smallest absolute Gasteiger partial charge is 0.223 e. The van der Waals surface area contributed by atoms with Gasteiger partial charge in [0, 0.05) is 12.8 Å². The first-order valence-electron chi connectivity index (χ1n) is 4.77. The molecular formula is C12H15N. The van der Waals surface area contributed by atoms with Crippen LogP contribution in [0.15, 0.2) is 30.3 Å². The van der Waals surface area contributed by atoms with E-state index in [0.29, 0.717) is 0 Å². The van der Waals surface area contributed by atoms with Crippen molar-refractivity contribution in [2.24, 2.45) is 0 Å². The summed E-state index contributed by atoms with van der Waals surface area (Å²) in [5.74, 6) is 0. The molecular weight excluding hydrogens is 158 g/mol. The van der Waals surface area contributed by atoms with E-state index < -0.39 is 0 Å². The van der Waals surface area contributed by atoms with Crippen molar-refractivity contribution in [1.82, 2.24) is 0 Å². The van der Waals surface area contributed by atoms with E-state index in [-0.39, 0.29) is 6.04 Å². The van der Waals surface area contributed by atoms with E-state index in [1.54, 1.807) is 0 Å². The average molecular weight is 173 g/mol. The van der Waals surface area contributed by atoms with Gasteiger partial charge in [-0.3, -0.25) is 0 Å². The Morgan fingerprint density at radius 1 is 1.31 bits per heavy atom. The molecule has 1 heteroatoms. The van der Waals surface area contributed by atoms with Gasteiger partial charge in [-0.15, -0.1) is 0 Å². The maximum Gasteiger partial charge on any atom is 0.223 e. The molecule has 1 aromatic rings. The van der Waals surface area contributed by atoms with Crippen LogP contribution in [0, 0.1) is 6.57 Å². The van der Waals surface area contributed by atoms with E-state index in [0.717, 1.165) is 19.3 Å². The molecule has 13 heavy (non-hydrogen) atoms. The zero-order chi connectivity index (χ0) is 9.52. The van der Waals surface area contributed by atoms with Crippen LogP contribution in [-0.2, 0) is 6.42 Å². The molecule has 0 aromatic heterocycles. The fourth-order valence-electron chi connectivity index (χ4n) is 1.34. The molecule has 1 atom stereocenters. The standard InChI is InChI=1S/C12H15N/c1-3-12(13-2)10-9-11-7-5-4-6-8-11/h4-8,12H,3,9-10H2,1H3. The summed E-state index contributed by atoms with van der Waals surface area (Å²) in [5.41, 5.74) is 1.34. The van der Waals surface area contributed by atoms with E-state index in [9.17, 15) is 0 Å². The summed E-state index contributed by atoms with van der Waals surface area (Å²) in [7, 11) is 0. The zero-order valence-corrected chi connectivity index (χ0v) is 8.03. The number of benzene rings is 1. The highest BCUT2D eigenvalue weighted by Crippen LogP contribution is 2.09. The van der Waals surface area contributed by atoms with Gasteiger partial charge in [-0.05, 0) is 12.0 Å². The summed E-state index contributed by atoms with van der Waals surface area (Å²) in [4.78, 5) is 3.57. The minimum Gasteiger partial charge on any atom is -0.314 e. The fourth-order valence-corrected chi connectivity index (χ4v) is 1.34. The Morgan fingerprint density at radius 2 is 2.00 bits per heavy atom. The van der Waals surface area contributed by atoms with Gasteiger partial charge in [-0.2, -0.15) is 0 Å². The molecule has 0 heterocycles. The average Bonchev–Trinajstić information content (AvgIpc) is 2.21. The molecule has 0 aliphatic rings.